The van der Waals surface area contributed by atoms with Crippen molar-refractivity contribution >= 4 is 11.9 Å². The molecule has 0 saturated carbocycles. The van der Waals surface area contributed by atoms with Gasteiger partial charge >= 0.3 is 21.1 Å². The van der Waals surface area contributed by atoms with Crippen molar-refractivity contribution in [3.8, 4) is 0 Å². The Morgan fingerprint density at radius 1 is 1.67 bits per heavy atom. The van der Waals surface area contributed by atoms with Gasteiger partial charge in [-0.15, -0.1) is 0 Å². The standard InChI is InChI=1S/C9H10N2.W/c1-3-5-11-9-4-6-10-8(2)7-9;/h4,6H,3H2,1-2H3;/q-2;+2. The van der Waals surface area contributed by atoms with Crippen LogP contribution in [0, 0.1) is 13.0 Å². The maximum Gasteiger partial charge on any atom is 2.00 e. The summed E-state index contributed by atoms with van der Waals surface area (Å²) in [6, 6.07) is 4.82. The fourth-order valence-corrected chi connectivity index (χ4v) is 0.708. The second-order valence-electron chi connectivity index (χ2n) is 2.16. The number of pyridine rings is 1. The van der Waals surface area contributed by atoms with Crippen molar-refractivity contribution in [2.24, 2.45) is 4.99 Å². The average Bonchev–Trinajstić information content (AvgIpc) is 2.01. The van der Waals surface area contributed by atoms with Gasteiger partial charge in [-0.3, -0.25) is 11.8 Å². The van der Waals surface area contributed by atoms with Crippen LogP contribution in [0.3, 0.4) is 0 Å². The number of nitrogens with zero attached hydrogens (tertiary/aromatic N) is 2. The number of rotatable bonds is 2. The van der Waals surface area contributed by atoms with Gasteiger partial charge in [-0.2, -0.15) is 6.21 Å². The topological polar surface area (TPSA) is 25.2 Å². The van der Waals surface area contributed by atoms with Crippen molar-refractivity contribution in [2.75, 3.05) is 0 Å². The van der Waals surface area contributed by atoms with Crippen molar-refractivity contribution in [2.45, 2.75) is 20.3 Å². The van der Waals surface area contributed by atoms with Gasteiger partial charge < -0.3 is 16.0 Å². The van der Waals surface area contributed by atoms with Crippen LogP contribution in [0.15, 0.2) is 17.3 Å². The molecule has 2 nitrogen and oxygen atoms in total. The van der Waals surface area contributed by atoms with Crippen LogP contribution < -0.4 is 0 Å². The fraction of sp³-hybridized carbons (Fsp3) is 0.333. The molecule has 0 saturated heterocycles. The molecule has 0 radical (unpaired) electrons. The van der Waals surface area contributed by atoms with Crippen LogP contribution in [-0.4, -0.2) is 11.2 Å². The molecule has 1 aromatic rings. The average molecular weight is 330 g/mol. The van der Waals surface area contributed by atoms with E-state index >= 15 is 0 Å². The molecule has 0 bridgehead atoms. The summed E-state index contributed by atoms with van der Waals surface area (Å²) in [6.07, 6.45) is 5.41. The fourth-order valence-electron chi connectivity index (χ4n) is 0.708. The van der Waals surface area contributed by atoms with Gasteiger partial charge in [-0.25, -0.2) is 0 Å². The first kappa shape index (κ1) is 11.5. The summed E-state index contributed by atoms with van der Waals surface area (Å²) in [6.45, 7) is 3.89. The normalized spacial score (nSPS) is 9.83. The van der Waals surface area contributed by atoms with Gasteiger partial charge in [-0.05, 0) is 6.92 Å². The Morgan fingerprint density at radius 2 is 2.42 bits per heavy atom. The maximum absolute atomic E-state index is 4.04. The van der Waals surface area contributed by atoms with Crippen LogP contribution >= 0.6 is 0 Å². The van der Waals surface area contributed by atoms with Crippen LogP contribution in [0.25, 0.3) is 0 Å². The first-order valence-electron chi connectivity index (χ1n) is 3.61. The third kappa shape index (κ3) is 3.77. The molecular weight excluding hydrogens is 320 g/mol. The molecule has 0 N–H and O–H groups in total. The van der Waals surface area contributed by atoms with E-state index in [0.29, 0.717) is 0 Å². The Bertz CT molecular complexity index is 258. The second-order valence-corrected chi connectivity index (χ2v) is 2.16. The van der Waals surface area contributed by atoms with Gasteiger partial charge in [0.15, 0.2) is 0 Å². The van der Waals surface area contributed by atoms with Gasteiger partial charge in [0.2, 0.25) is 0 Å². The summed E-state index contributed by atoms with van der Waals surface area (Å²) in [4.78, 5) is 8.04. The van der Waals surface area contributed by atoms with Crippen molar-refractivity contribution in [1.29, 1.82) is 0 Å². The van der Waals surface area contributed by atoms with Crippen LogP contribution in [0.2, 0.25) is 0 Å². The Kier molecular flexibility index (Phi) is 5.82. The molecule has 0 spiro atoms. The van der Waals surface area contributed by atoms with Crippen molar-refractivity contribution in [3.05, 3.63) is 24.0 Å². The third-order valence-electron chi connectivity index (χ3n) is 1.17. The molecule has 0 aromatic carbocycles. The molecule has 0 aliphatic carbocycles. The Balaban J connectivity index is 0.00000121. The monoisotopic (exact) mass is 330 g/mol. The van der Waals surface area contributed by atoms with Gasteiger partial charge in [-0.1, -0.05) is 25.2 Å². The summed E-state index contributed by atoms with van der Waals surface area (Å²) < 4.78 is 0. The zero-order valence-electron chi connectivity index (χ0n) is 7.16. The number of aryl methyl sites for hydroxylation is 1. The molecule has 0 fully saturated rings. The molecule has 0 amide bonds. The van der Waals surface area contributed by atoms with Crippen LogP contribution in [0.1, 0.15) is 19.0 Å². The van der Waals surface area contributed by atoms with E-state index in [9.17, 15) is 0 Å². The Morgan fingerprint density at radius 3 is 3.00 bits per heavy atom. The zero-order chi connectivity index (χ0) is 8.10. The van der Waals surface area contributed by atoms with Gasteiger partial charge in [0.25, 0.3) is 0 Å². The molecule has 1 rings (SSSR count). The summed E-state index contributed by atoms with van der Waals surface area (Å²) in [5.41, 5.74) is 1.67. The summed E-state index contributed by atoms with van der Waals surface area (Å²) in [5.74, 6) is 0. The summed E-state index contributed by atoms with van der Waals surface area (Å²) >= 11 is 0. The molecule has 62 valence electrons. The number of hydrogen-bond donors (Lipinski definition) is 0. The second kappa shape index (κ2) is 6.07. The number of aromatic nitrogens is 1. The largest absolute Gasteiger partial charge is 2.00 e. The zero-order valence-corrected chi connectivity index (χ0v) is 10.1. The molecule has 0 atom stereocenters. The minimum Gasteiger partial charge on any atom is -0.493 e. The predicted molar refractivity (Wildman–Crippen MR) is 45.2 cm³/mol. The van der Waals surface area contributed by atoms with E-state index in [2.05, 4.69) is 22.3 Å². The minimum absolute atomic E-state index is 0. The van der Waals surface area contributed by atoms with E-state index < -0.39 is 0 Å². The summed E-state index contributed by atoms with van der Waals surface area (Å²) in [7, 11) is 0. The SMILES string of the molecule is CC[C-]=Nc1[c-]c(C)ncc1.[W+2]. The molecule has 1 heterocycles. The Hall–Kier alpha value is -0.492. The van der Waals surface area contributed by atoms with E-state index in [-0.39, 0.29) is 21.1 Å². The van der Waals surface area contributed by atoms with Gasteiger partial charge in [0.05, 0.1) is 0 Å². The maximum atomic E-state index is 4.04. The van der Waals surface area contributed by atoms with Gasteiger partial charge in [0, 0.05) is 0 Å². The van der Waals surface area contributed by atoms with E-state index in [1.165, 1.54) is 0 Å². The Labute approximate surface area is 87.4 Å². The molecule has 0 unspecified atom stereocenters. The van der Waals surface area contributed by atoms with Crippen molar-refractivity contribution in [1.82, 2.24) is 4.98 Å². The van der Waals surface area contributed by atoms with E-state index in [4.69, 9.17) is 0 Å². The first-order valence-corrected chi connectivity index (χ1v) is 3.61. The molecular formula is C9H10N2W. The molecule has 12 heavy (non-hydrogen) atoms. The smallest absolute Gasteiger partial charge is 0.493 e. The van der Waals surface area contributed by atoms with Crippen LogP contribution in [0.4, 0.5) is 5.69 Å². The number of hydrogen-bond acceptors (Lipinski definition) is 2. The minimum atomic E-state index is 0. The van der Waals surface area contributed by atoms with E-state index in [1.54, 1.807) is 6.20 Å². The predicted octanol–water partition coefficient (Wildman–Crippen LogP) is 2.18. The molecule has 1 aromatic heterocycles. The van der Waals surface area contributed by atoms with Crippen molar-refractivity contribution < 1.29 is 21.1 Å². The van der Waals surface area contributed by atoms with Crippen molar-refractivity contribution in [3.63, 3.8) is 0 Å². The van der Waals surface area contributed by atoms with Crippen LogP contribution in [-0.2, 0) is 21.1 Å². The molecule has 3 heteroatoms. The van der Waals surface area contributed by atoms with E-state index in [1.807, 2.05) is 19.9 Å². The molecule has 0 aliphatic rings. The summed E-state index contributed by atoms with van der Waals surface area (Å²) in [5, 5.41) is 0. The molecule has 0 aliphatic heterocycles. The third-order valence-corrected chi connectivity index (χ3v) is 1.17. The van der Waals surface area contributed by atoms with E-state index in [0.717, 1.165) is 17.8 Å². The van der Waals surface area contributed by atoms with Crippen LogP contribution in [0.5, 0.6) is 0 Å². The van der Waals surface area contributed by atoms with Gasteiger partial charge in [0.1, 0.15) is 0 Å². The first-order chi connectivity index (χ1) is 5.33. The quantitative estimate of drug-likeness (QED) is 0.603. The number of aliphatic imine (C=N–C) groups is 1.